The molecule has 3 aliphatic rings. The number of rotatable bonds is 52. The van der Waals surface area contributed by atoms with Gasteiger partial charge in [-0.3, -0.25) is 9.59 Å². The smallest absolute Gasteiger partial charge is 0.306 e. The van der Waals surface area contributed by atoms with Crippen molar-refractivity contribution in [1.82, 2.24) is 5.32 Å². The Morgan fingerprint density at radius 1 is 0.598 bits per heavy atom. The highest BCUT2D eigenvalue weighted by Crippen LogP contribution is 2.39. The van der Waals surface area contributed by atoms with Crippen molar-refractivity contribution >= 4 is 23.6 Å². The number of hydrogen-bond acceptors (Lipinski definition) is 13. The average Bonchev–Trinajstić information content (AvgIpc) is 0.813. The van der Waals surface area contributed by atoms with Gasteiger partial charge in [0.05, 0.1) is 32.3 Å². The number of carbonyl (C=O) groups is 2. The summed E-state index contributed by atoms with van der Waals surface area (Å²) in [5.74, 6) is -0.732. The molecule has 92 heavy (non-hydrogen) atoms. The third-order valence-corrected chi connectivity index (χ3v) is 19.8. The minimum Gasteiger partial charge on any atom is -0.462 e. The van der Waals surface area contributed by atoms with Crippen LogP contribution in [0.25, 0.3) is 10.4 Å². The molecule has 3 heterocycles. The van der Waals surface area contributed by atoms with Crippen molar-refractivity contribution in [2.45, 2.75) is 349 Å². The molecule has 3 N–H and O–H groups in total. The predicted molar refractivity (Wildman–Crippen MR) is 369 cm³/mol. The molecule has 0 bridgehead atoms. The van der Waals surface area contributed by atoms with Gasteiger partial charge in [0.25, 0.3) is 0 Å². The second kappa shape index (κ2) is 48.6. The lowest BCUT2D eigenvalue weighted by Crippen LogP contribution is -2.67. The number of nitrogens with one attached hydrogen (secondary N) is 1. The zero-order valence-electron chi connectivity index (χ0n) is 56.6. The van der Waals surface area contributed by atoms with Crippen molar-refractivity contribution < 1.29 is 53.0 Å². The summed E-state index contributed by atoms with van der Waals surface area (Å²) in [5.41, 5.74) is 10.5. The number of ether oxygens (including phenoxy) is 7. The monoisotopic (exact) mass is 1300 g/mol. The van der Waals surface area contributed by atoms with Crippen LogP contribution in [0.1, 0.15) is 282 Å². The first-order valence-electron chi connectivity index (χ1n) is 36.8. The summed E-state index contributed by atoms with van der Waals surface area (Å²) in [7, 11) is 0. The number of fused-ring (bicyclic) bond motifs is 1. The molecule has 0 radical (unpaired) electrons. The number of hydrogen-bond donors (Lipinski definition) is 3. The number of aliphatic hydroxyl groups is 2. The highest BCUT2D eigenvalue weighted by molar-refractivity contribution is 7.99. The molecule has 0 spiro atoms. The molecule has 3 saturated heterocycles. The first-order chi connectivity index (χ1) is 45.3. The Bertz CT molecular complexity index is 2380. The molecule has 6 rings (SSSR count). The summed E-state index contributed by atoms with van der Waals surface area (Å²) in [4.78, 5) is 32.1. The lowest BCUT2D eigenvalue weighted by atomic mass is 9.95. The first kappa shape index (κ1) is 77.0. The van der Waals surface area contributed by atoms with Crippen LogP contribution in [0.3, 0.4) is 0 Å². The fourth-order valence-corrected chi connectivity index (χ4v) is 14.3. The van der Waals surface area contributed by atoms with E-state index in [1.54, 1.807) is 0 Å². The van der Waals surface area contributed by atoms with Gasteiger partial charge in [-0.1, -0.05) is 328 Å². The van der Waals surface area contributed by atoms with Crippen molar-refractivity contribution in [3.8, 4) is 0 Å². The molecule has 516 valence electrons. The van der Waals surface area contributed by atoms with E-state index in [0.717, 1.165) is 61.0 Å². The van der Waals surface area contributed by atoms with Crippen molar-refractivity contribution in [1.29, 1.82) is 0 Å². The van der Waals surface area contributed by atoms with E-state index in [0.29, 0.717) is 12.8 Å². The standard InChI is InChI=1S/C76H120N4O11S/c1-3-5-7-9-11-13-15-16-17-18-19-20-21-22-23-24-25-26-27-28-30-32-34-36-47-55-67(82)88-62(52-44-35-33-31-29-14-12-10-8-6-4-2)56-66(81)78-68-70(83)73-65(59-86-74(91-73)61-50-42-38-43-51-61)89-75(68)87-58-64-72(85-57-60-48-40-37-41-49-60)71(84)69(79-80-77)76(90-64)92-63-53-45-39-46-54-63/h37-43,45-46,48-51,53-54,62,64-65,68-76,83-84H,3-36,44,47,52,55-59H2,1-2H3,(H,78,81)/t62-,64-,65-,68-,69-,70-,71-,72-,73-,74?,75-,76-/m1/s1. The van der Waals surface area contributed by atoms with E-state index >= 15 is 0 Å². The van der Waals surface area contributed by atoms with Crippen LogP contribution in [0.15, 0.2) is 101 Å². The van der Waals surface area contributed by atoms with Crippen molar-refractivity contribution in [2.24, 2.45) is 5.11 Å². The van der Waals surface area contributed by atoms with Crippen molar-refractivity contribution in [3.63, 3.8) is 0 Å². The molecule has 15 nitrogen and oxygen atoms in total. The topological polar surface area (TPSA) is 200 Å². The van der Waals surface area contributed by atoms with Gasteiger partial charge in [0.1, 0.15) is 54.1 Å². The molecule has 0 aromatic heterocycles. The van der Waals surface area contributed by atoms with Gasteiger partial charge < -0.3 is 48.7 Å². The number of benzene rings is 3. The van der Waals surface area contributed by atoms with Gasteiger partial charge in [-0.05, 0) is 42.5 Å². The predicted octanol–water partition coefficient (Wildman–Crippen LogP) is 19.0. The number of esters is 1. The summed E-state index contributed by atoms with van der Waals surface area (Å²) in [5, 5.41) is 31.5. The maximum Gasteiger partial charge on any atom is 0.306 e. The van der Waals surface area contributed by atoms with E-state index in [2.05, 4.69) is 29.2 Å². The molecule has 0 aliphatic carbocycles. The Morgan fingerprint density at radius 3 is 1.59 bits per heavy atom. The van der Waals surface area contributed by atoms with Gasteiger partial charge in [0.15, 0.2) is 12.6 Å². The number of carbonyl (C=O) groups excluding carboxylic acids is 2. The molecule has 1 amide bonds. The van der Waals surface area contributed by atoms with Crippen LogP contribution in [-0.2, 0) is 49.4 Å². The molecule has 3 aromatic carbocycles. The lowest BCUT2D eigenvalue weighted by molar-refractivity contribution is -0.347. The quantitative estimate of drug-likeness (QED) is 0.0159. The van der Waals surface area contributed by atoms with Crippen LogP contribution in [-0.4, -0.2) is 102 Å². The normalized spacial score (nSPS) is 23.3. The SMILES string of the molecule is CCCCCCCCCCCCCCCCCCCCCCCCCCCC(=O)O[C@H](CCCCCCCCCCCCC)CC(=O)N[C@H]1[C@H](OC[C@H]2O[C@H](Sc3ccccc3)[C@H](N=[N+]=[N-])[C@@H](O)[C@@H]2OCc2ccccc2)O[C@@H]2COC(c3ccccc3)O[C@H]2[C@@H]1O. The molecule has 1 unspecified atom stereocenters. The zero-order chi connectivity index (χ0) is 64.9. The van der Waals surface area contributed by atoms with E-state index in [1.807, 2.05) is 91.0 Å². The number of nitrogens with zero attached hydrogens (tertiary/aromatic N) is 3. The summed E-state index contributed by atoms with van der Waals surface area (Å²) < 4.78 is 45.1. The minimum absolute atomic E-state index is 0.0591. The van der Waals surface area contributed by atoms with Gasteiger partial charge in [0, 0.05) is 21.8 Å². The van der Waals surface area contributed by atoms with E-state index < -0.39 is 78.7 Å². The molecular formula is C76H120N4O11S. The van der Waals surface area contributed by atoms with E-state index in [9.17, 15) is 25.3 Å². The van der Waals surface area contributed by atoms with Crippen LogP contribution < -0.4 is 5.32 Å². The Balaban J connectivity index is 0.999. The summed E-state index contributed by atoms with van der Waals surface area (Å²) in [6, 6.07) is 26.3. The van der Waals surface area contributed by atoms with E-state index in [1.165, 1.54) is 198 Å². The summed E-state index contributed by atoms with van der Waals surface area (Å²) in [6.45, 7) is 4.49. The van der Waals surface area contributed by atoms with Gasteiger partial charge in [-0.15, -0.1) is 0 Å². The average molecular weight is 1300 g/mol. The van der Waals surface area contributed by atoms with Gasteiger partial charge >= 0.3 is 5.97 Å². The first-order valence-corrected chi connectivity index (χ1v) is 37.7. The number of unbranched alkanes of at least 4 members (excludes halogenated alkanes) is 34. The zero-order valence-corrected chi connectivity index (χ0v) is 57.4. The highest BCUT2D eigenvalue weighted by Gasteiger charge is 2.52. The van der Waals surface area contributed by atoms with Crippen LogP contribution >= 0.6 is 11.8 Å². The van der Waals surface area contributed by atoms with Crippen LogP contribution in [0.4, 0.5) is 0 Å². The summed E-state index contributed by atoms with van der Waals surface area (Å²) in [6.07, 6.45) is 37.6. The lowest BCUT2D eigenvalue weighted by Gasteiger charge is -2.48. The minimum atomic E-state index is -1.34. The van der Waals surface area contributed by atoms with Crippen LogP contribution in [0, 0.1) is 0 Å². The van der Waals surface area contributed by atoms with Crippen molar-refractivity contribution in [2.75, 3.05) is 13.2 Å². The van der Waals surface area contributed by atoms with Crippen LogP contribution in [0.2, 0.25) is 0 Å². The Kier molecular flexibility index (Phi) is 40.7. The summed E-state index contributed by atoms with van der Waals surface area (Å²) >= 11 is 1.30. The van der Waals surface area contributed by atoms with Crippen LogP contribution in [0.5, 0.6) is 0 Å². The second-order valence-electron chi connectivity index (χ2n) is 26.4. The van der Waals surface area contributed by atoms with Gasteiger partial charge in [-0.25, -0.2) is 0 Å². The molecular weight excluding hydrogens is 1180 g/mol. The fraction of sp³-hybridized carbons (Fsp3) is 0.737. The third-order valence-electron chi connectivity index (χ3n) is 18.6. The molecule has 0 saturated carbocycles. The number of aliphatic hydroxyl groups excluding tert-OH is 2. The third kappa shape index (κ3) is 30.8. The highest BCUT2D eigenvalue weighted by atomic mass is 32.2. The Hall–Kier alpha value is -4.06. The number of amides is 1. The van der Waals surface area contributed by atoms with Gasteiger partial charge in [0.2, 0.25) is 5.91 Å². The molecule has 3 aliphatic heterocycles. The molecule has 3 fully saturated rings. The van der Waals surface area contributed by atoms with Crippen molar-refractivity contribution in [3.05, 3.63) is 113 Å². The fourth-order valence-electron chi connectivity index (χ4n) is 13.1. The Labute approximate surface area is 558 Å². The maximum atomic E-state index is 14.5. The molecule has 3 aromatic rings. The van der Waals surface area contributed by atoms with Gasteiger partial charge in [-0.2, -0.15) is 0 Å². The maximum absolute atomic E-state index is 14.5. The van der Waals surface area contributed by atoms with E-state index in [-0.39, 0.29) is 32.2 Å². The number of thioether (sulfide) groups is 1. The number of azide groups is 1. The van der Waals surface area contributed by atoms with E-state index in [4.69, 9.17) is 33.2 Å². The molecule has 16 heteroatoms. The Morgan fingerprint density at radius 2 is 1.08 bits per heavy atom. The molecule has 12 atom stereocenters. The second-order valence-corrected chi connectivity index (χ2v) is 27.6. The largest absolute Gasteiger partial charge is 0.462 e.